The molecule has 0 aliphatic heterocycles. The van der Waals surface area contributed by atoms with E-state index in [0.29, 0.717) is 31.1 Å². The highest BCUT2D eigenvalue weighted by atomic mass is 16.5. The number of amides is 1. The lowest BCUT2D eigenvalue weighted by Crippen LogP contribution is -2.37. The molecule has 0 saturated carbocycles. The molecule has 0 N–H and O–H groups in total. The minimum Gasteiger partial charge on any atom is -0.339 e. The Morgan fingerprint density at radius 2 is 1.89 bits per heavy atom. The van der Waals surface area contributed by atoms with Crippen LogP contribution in [0, 0.1) is 0 Å². The Morgan fingerprint density at radius 3 is 2.59 bits per heavy atom. The second kappa shape index (κ2) is 9.07. The number of hydrogen-bond donors (Lipinski definition) is 0. The molecular weight excluding hydrogens is 340 g/mol. The predicted octanol–water partition coefficient (Wildman–Crippen LogP) is 3.89. The number of carbonyl (C=O) groups excluding carboxylic acids is 1. The van der Waals surface area contributed by atoms with Gasteiger partial charge in [0.2, 0.25) is 17.6 Å². The van der Waals surface area contributed by atoms with E-state index >= 15 is 0 Å². The Labute approximate surface area is 159 Å². The first-order valence-electron chi connectivity index (χ1n) is 9.23. The molecule has 0 spiro atoms. The lowest BCUT2D eigenvalue weighted by Gasteiger charge is -2.28. The minimum atomic E-state index is 0.0943. The minimum absolute atomic E-state index is 0.0943. The molecule has 3 rings (SSSR count). The van der Waals surface area contributed by atoms with Crippen molar-refractivity contribution in [2.24, 2.45) is 0 Å². The van der Waals surface area contributed by atoms with Gasteiger partial charge in [-0.3, -0.25) is 9.78 Å². The molecule has 1 atom stereocenters. The fraction of sp³-hybridized carbons (Fsp3) is 0.333. The number of aromatic nitrogens is 3. The number of nitrogens with zero attached hydrogens (tertiary/aromatic N) is 4. The molecule has 1 amide bonds. The number of rotatable bonds is 8. The molecule has 6 heteroatoms. The zero-order chi connectivity index (χ0) is 19.1. The van der Waals surface area contributed by atoms with Gasteiger partial charge in [-0.1, -0.05) is 42.4 Å². The maximum absolute atomic E-state index is 12.8. The summed E-state index contributed by atoms with van der Waals surface area (Å²) in [5.74, 6) is 1.08. The first-order chi connectivity index (χ1) is 13.2. The summed E-state index contributed by atoms with van der Waals surface area (Å²) < 4.78 is 5.30. The number of pyridine rings is 1. The van der Waals surface area contributed by atoms with Gasteiger partial charge >= 0.3 is 0 Å². The zero-order valence-corrected chi connectivity index (χ0v) is 15.7. The quantitative estimate of drug-likeness (QED) is 0.606. The van der Waals surface area contributed by atoms with Crippen LogP contribution in [0.3, 0.4) is 0 Å². The van der Waals surface area contributed by atoms with Crippen molar-refractivity contribution in [3.8, 4) is 11.4 Å². The van der Waals surface area contributed by atoms with Crippen LogP contribution in [-0.4, -0.2) is 32.0 Å². The smallest absolute Gasteiger partial charge is 0.227 e. The van der Waals surface area contributed by atoms with Gasteiger partial charge < -0.3 is 9.42 Å². The average Bonchev–Trinajstić information content (AvgIpc) is 3.20. The third-order valence-corrected chi connectivity index (χ3v) is 4.60. The number of hydrogen-bond acceptors (Lipinski definition) is 5. The van der Waals surface area contributed by atoms with Crippen LogP contribution in [0.1, 0.15) is 38.1 Å². The van der Waals surface area contributed by atoms with Crippen LogP contribution in [0.2, 0.25) is 0 Å². The van der Waals surface area contributed by atoms with Crippen molar-refractivity contribution in [3.63, 3.8) is 0 Å². The summed E-state index contributed by atoms with van der Waals surface area (Å²) in [5, 5.41) is 3.99. The van der Waals surface area contributed by atoms with Crippen molar-refractivity contribution in [2.75, 3.05) is 0 Å². The molecule has 3 aromatic rings. The fourth-order valence-corrected chi connectivity index (χ4v) is 2.82. The molecule has 1 unspecified atom stereocenters. The van der Waals surface area contributed by atoms with E-state index in [4.69, 9.17) is 4.52 Å². The number of benzene rings is 1. The van der Waals surface area contributed by atoms with Crippen LogP contribution in [0.5, 0.6) is 0 Å². The van der Waals surface area contributed by atoms with Gasteiger partial charge in [0.1, 0.15) is 0 Å². The Morgan fingerprint density at radius 1 is 1.15 bits per heavy atom. The summed E-state index contributed by atoms with van der Waals surface area (Å²) in [5.41, 5.74) is 1.97. The second-order valence-electron chi connectivity index (χ2n) is 6.51. The number of carbonyl (C=O) groups is 1. The molecule has 1 aromatic carbocycles. The lowest BCUT2D eigenvalue weighted by molar-refractivity contribution is -0.134. The van der Waals surface area contributed by atoms with Gasteiger partial charge in [0.25, 0.3) is 0 Å². The average molecular weight is 364 g/mol. The van der Waals surface area contributed by atoms with Gasteiger partial charge in [0.05, 0.1) is 0 Å². The van der Waals surface area contributed by atoms with Crippen LogP contribution in [0.4, 0.5) is 0 Å². The maximum atomic E-state index is 12.8. The normalized spacial score (nSPS) is 11.9. The first-order valence-corrected chi connectivity index (χ1v) is 9.23. The van der Waals surface area contributed by atoms with E-state index in [2.05, 4.69) is 29.0 Å². The topological polar surface area (TPSA) is 72.1 Å². The molecule has 0 radical (unpaired) electrons. The van der Waals surface area contributed by atoms with Crippen molar-refractivity contribution < 1.29 is 9.32 Å². The van der Waals surface area contributed by atoms with Crippen molar-refractivity contribution in [1.82, 2.24) is 20.0 Å². The molecule has 0 fully saturated rings. The van der Waals surface area contributed by atoms with Crippen molar-refractivity contribution >= 4 is 5.91 Å². The summed E-state index contributed by atoms with van der Waals surface area (Å²) in [6.07, 6.45) is 5.05. The Hall–Kier alpha value is -3.02. The Bertz CT molecular complexity index is 849. The summed E-state index contributed by atoms with van der Waals surface area (Å²) in [6.45, 7) is 4.78. The lowest BCUT2D eigenvalue weighted by atomic mass is 10.1. The molecule has 140 valence electrons. The Kier molecular flexibility index (Phi) is 6.30. The standard InChI is InChI=1S/C21H24N4O2/c1-3-16(2)25(15-17-7-5-4-6-8-17)20(26)10-9-19-23-21(24-27-19)18-11-13-22-14-12-18/h4-8,11-14,16H,3,9-10,15H2,1-2H3. The highest BCUT2D eigenvalue weighted by molar-refractivity contribution is 5.76. The summed E-state index contributed by atoms with van der Waals surface area (Å²) >= 11 is 0. The van der Waals surface area contributed by atoms with Crippen molar-refractivity contribution in [2.45, 2.75) is 45.7 Å². The van der Waals surface area contributed by atoms with Gasteiger partial charge in [0.15, 0.2) is 0 Å². The molecular formula is C21H24N4O2. The van der Waals surface area contributed by atoms with Gasteiger partial charge in [0, 0.05) is 43.4 Å². The molecule has 2 aromatic heterocycles. The van der Waals surface area contributed by atoms with Crippen molar-refractivity contribution in [1.29, 1.82) is 0 Å². The highest BCUT2D eigenvalue weighted by Crippen LogP contribution is 2.16. The van der Waals surface area contributed by atoms with Gasteiger partial charge in [-0.2, -0.15) is 4.98 Å². The SMILES string of the molecule is CCC(C)N(Cc1ccccc1)C(=O)CCc1nc(-c2ccncc2)no1. The van der Waals surface area contributed by atoms with Crippen LogP contribution < -0.4 is 0 Å². The summed E-state index contributed by atoms with van der Waals surface area (Å²) in [6, 6.07) is 13.9. The molecule has 0 saturated heterocycles. The van der Waals surface area contributed by atoms with Crippen molar-refractivity contribution in [3.05, 3.63) is 66.3 Å². The maximum Gasteiger partial charge on any atom is 0.227 e. The third-order valence-electron chi connectivity index (χ3n) is 4.60. The fourth-order valence-electron chi connectivity index (χ4n) is 2.82. The number of aryl methyl sites for hydroxylation is 1. The summed E-state index contributed by atoms with van der Waals surface area (Å²) in [7, 11) is 0. The van der Waals surface area contributed by atoms with E-state index in [-0.39, 0.29) is 11.9 Å². The second-order valence-corrected chi connectivity index (χ2v) is 6.51. The van der Waals surface area contributed by atoms with Crippen LogP contribution in [0.25, 0.3) is 11.4 Å². The van der Waals surface area contributed by atoms with E-state index in [1.807, 2.05) is 47.4 Å². The van der Waals surface area contributed by atoms with E-state index in [1.165, 1.54) is 0 Å². The van der Waals surface area contributed by atoms with Crippen LogP contribution >= 0.6 is 0 Å². The van der Waals surface area contributed by atoms with Crippen LogP contribution in [0.15, 0.2) is 59.4 Å². The molecule has 0 aliphatic carbocycles. The van der Waals surface area contributed by atoms with E-state index in [1.54, 1.807) is 12.4 Å². The van der Waals surface area contributed by atoms with Gasteiger partial charge in [-0.05, 0) is 31.0 Å². The molecule has 0 aliphatic rings. The van der Waals surface area contributed by atoms with Crippen LogP contribution in [-0.2, 0) is 17.8 Å². The molecule has 27 heavy (non-hydrogen) atoms. The molecule has 0 bridgehead atoms. The molecule has 6 nitrogen and oxygen atoms in total. The largest absolute Gasteiger partial charge is 0.339 e. The highest BCUT2D eigenvalue weighted by Gasteiger charge is 2.20. The van der Waals surface area contributed by atoms with E-state index in [9.17, 15) is 4.79 Å². The van der Waals surface area contributed by atoms with E-state index in [0.717, 1.165) is 17.5 Å². The monoisotopic (exact) mass is 364 g/mol. The van der Waals surface area contributed by atoms with E-state index < -0.39 is 0 Å². The van der Waals surface area contributed by atoms with Gasteiger partial charge in [-0.15, -0.1) is 0 Å². The first kappa shape index (κ1) is 18.8. The Balaban J connectivity index is 1.63. The van der Waals surface area contributed by atoms with Gasteiger partial charge in [-0.25, -0.2) is 0 Å². The summed E-state index contributed by atoms with van der Waals surface area (Å²) in [4.78, 5) is 23.1. The zero-order valence-electron chi connectivity index (χ0n) is 15.7. The molecule has 2 heterocycles. The third kappa shape index (κ3) is 5.00. The predicted molar refractivity (Wildman–Crippen MR) is 103 cm³/mol.